The van der Waals surface area contributed by atoms with E-state index in [1.165, 1.54) is 23.3 Å². The molecule has 0 saturated heterocycles. The summed E-state index contributed by atoms with van der Waals surface area (Å²) in [5, 5.41) is 6.37. The van der Waals surface area contributed by atoms with Crippen LogP contribution in [0, 0.1) is 0 Å². The molecule has 0 atom stereocenters. The van der Waals surface area contributed by atoms with Crippen molar-refractivity contribution in [2.75, 3.05) is 12.8 Å². The molecule has 9 heteroatoms. The van der Waals surface area contributed by atoms with Gasteiger partial charge in [-0.1, -0.05) is 11.8 Å². The fraction of sp³-hybridized carbons (Fsp3) is 0.333. The second-order valence-corrected chi connectivity index (χ2v) is 5.38. The molecule has 0 aromatic carbocycles. The van der Waals surface area contributed by atoms with Crippen molar-refractivity contribution in [3.63, 3.8) is 0 Å². The van der Waals surface area contributed by atoms with Gasteiger partial charge in [-0.25, -0.2) is 14.3 Å². The zero-order chi connectivity index (χ0) is 13.0. The molecule has 1 amide bonds. The fourth-order valence-electron chi connectivity index (χ4n) is 1.21. The van der Waals surface area contributed by atoms with Crippen LogP contribution in [0.15, 0.2) is 22.2 Å². The monoisotopic (exact) mass is 285 g/mol. The van der Waals surface area contributed by atoms with Crippen LogP contribution in [0.3, 0.4) is 0 Å². The van der Waals surface area contributed by atoms with Crippen molar-refractivity contribution >= 4 is 29.2 Å². The normalized spacial score (nSPS) is 10.5. The first kappa shape index (κ1) is 12.8. The summed E-state index contributed by atoms with van der Waals surface area (Å²) in [5.74, 6) is 0.202. The maximum absolute atomic E-state index is 11.8. The highest BCUT2D eigenvalue weighted by Crippen LogP contribution is 2.12. The Hall–Kier alpha value is -1.61. The number of aromatic nitrogens is 4. The Kier molecular flexibility index (Phi) is 4.15. The SMILES string of the molecule is CN(Cc1ccns1)C(=O)CSc1n[nH]c(=O)[nH]1. The van der Waals surface area contributed by atoms with Gasteiger partial charge in [-0.15, -0.1) is 5.10 Å². The number of carbonyl (C=O) groups excluding carboxylic acids is 1. The summed E-state index contributed by atoms with van der Waals surface area (Å²) in [4.78, 5) is 27.7. The van der Waals surface area contributed by atoms with Gasteiger partial charge in [0.05, 0.1) is 12.3 Å². The quantitative estimate of drug-likeness (QED) is 0.771. The first-order valence-electron chi connectivity index (χ1n) is 5.06. The van der Waals surface area contributed by atoms with Crippen molar-refractivity contribution in [1.82, 2.24) is 24.5 Å². The summed E-state index contributed by atoms with van der Waals surface area (Å²) in [5.41, 5.74) is -0.372. The Bertz CT molecular complexity index is 562. The molecule has 0 radical (unpaired) electrons. The Morgan fingerprint density at radius 1 is 1.61 bits per heavy atom. The van der Waals surface area contributed by atoms with Crippen LogP contribution in [-0.2, 0) is 11.3 Å². The topological polar surface area (TPSA) is 94.7 Å². The van der Waals surface area contributed by atoms with Gasteiger partial charge >= 0.3 is 5.69 Å². The number of nitrogens with zero attached hydrogens (tertiary/aromatic N) is 3. The molecule has 2 rings (SSSR count). The summed E-state index contributed by atoms with van der Waals surface area (Å²) in [6.07, 6.45) is 1.71. The number of hydrogen-bond acceptors (Lipinski definition) is 6. The molecule has 0 fully saturated rings. The second-order valence-electron chi connectivity index (χ2n) is 3.50. The summed E-state index contributed by atoms with van der Waals surface area (Å²) in [7, 11) is 1.73. The lowest BCUT2D eigenvalue weighted by molar-refractivity contribution is -0.127. The number of amides is 1. The zero-order valence-corrected chi connectivity index (χ0v) is 11.2. The molecule has 2 aromatic heterocycles. The minimum atomic E-state index is -0.372. The maximum Gasteiger partial charge on any atom is 0.341 e. The molecule has 2 heterocycles. The smallest absolute Gasteiger partial charge is 0.340 e. The molecule has 0 saturated carbocycles. The minimum Gasteiger partial charge on any atom is -0.340 e. The van der Waals surface area contributed by atoms with Crippen LogP contribution in [0.2, 0.25) is 0 Å². The Morgan fingerprint density at radius 2 is 2.44 bits per heavy atom. The van der Waals surface area contributed by atoms with E-state index in [1.807, 2.05) is 6.07 Å². The van der Waals surface area contributed by atoms with Gasteiger partial charge in [-0.05, 0) is 17.6 Å². The summed E-state index contributed by atoms with van der Waals surface area (Å²) < 4.78 is 3.98. The molecular formula is C9H11N5O2S2. The molecule has 0 spiro atoms. The zero-order valence-electron chi connectivity index (χ0n) is 9.54. The number of H-pyrrole nitrogens is 2. The number of carbonyl (C=O) groups is 1. The number of rotatable bonds is 5. The van der Waals surface area contributed by atoms with E-state index in [0.717, 1.165) is 4.88 Å². The summed E-state index contributed by atoms with van der Waals surface area (Å²) in [6.45, 7) is 0.543. The molecule has 0 unspecified atom stereocenters. The molecule has 0 aliphatic carbocycles. The van der Waals surface area contributed by atoms with Crippen molar-refractivity contribution in [3.8, 4) is 0 Å². The van der Waals surface area contributed by atoms with Crippen LogP contribution < -0.4 is 5.69 Å². The van der Waals surface area contributed by atoms with Crippen molar-refractivity contribution in [1.29, 1.82) is 0 Å². The lowest BCUT2D eigenvalue weighted by Gasteiger charge is -2.14. The molecule has 2 aromatic rings. The van der Waals surface area contributed by atoms with Crippen LogP contribution in [0.25, 0.3) is 0 Å². The van der Waals surface area contributed by atoms with Gasteiger partial charge < -0.3 is 4.90 Å². The summed E-state index contributed by atoms with van der Waals surface area (Å²) in [6, 6.07) is 1.88. The highest BCUT2D eigenvalue weighted by Gasteiger charge is 2.11. The van der Waals surface area contributed by atoms with E-state index in [4.69, 9.17) is 0 Å². The van der Waals surface area contributed by atoms with Gasteiger partial charge in [0.1, 0.15) is 0 Å². The largest absolute Gasteiger partial charge is 0.341 e. The average Bonchev–Trinajstić information content (AvgIpc) is 2.97. The van der Waals surface area contributed by atoms with Gasteiger partial charge in [0.15, 0.2) is 5.16 Å². The number of nitrogens with one attached hydrogen (secondary N) is 2. The highest BCUT2D eigenvalue weighted by molar-refractivity contribution is 7.99. The third-order valence-electron chi connectivity index (χ3n) is 2.12. The van der Waals surface area contributed by atoms with Crippen LogP contribution in [-0.4, -0.2) is 43.2 Å². The van der Waals surface area contributed by atoms with Gasteiger partial charge in [0, 0.05) is 18.1 Å². The second kappa shape index (κ2) is 5.83. The van der Waals surface area contributed by atoms with Crippen molar-refractivity contribution in [2.45, 2.75) is 11.7 Å². The summed E-state index contributed by atoms with van der Waals surface area (Å²) >= 11 is 2.56. The highest BCUT2D eigenvalue weighted by atomic mass is 32.2. The van der Waals surface area contributed by atoms with Gasteiger partial charge in [-0.3, -0.25) is 9.78 Å². The molecule has 0 bridgehead atoms. The van der Waals surface area contributed by atoms with E-state index in [-0.39, 0.29) is 17.3 Å². The number of aromatic amines is 2. The lowest BCUT2D eigenvalue weighted by atomic mass is 10.4. The molecular weight excluding hydrogens is 274 g/mol. The average molecular weight is 285 g/mol. The third kappa shape index (κ3) is 3.44. The van der Waals surface area contributed by atoms with Crippen LogP contribution in [0.5, 0.6) is 0 Å². The van der Waals surface area contributed by atoms with Gasteiger partial charge in [-0.2, -0.15) is 0 Å². The first-order valence-corrected chi connectivity index (χ1v) is 6.82. The molecule has 0 aliphatic rings. The van der Waals surface area contributed by atoms with E-state index in [9.17, 15) is 9.59 Å². The molecule has 7 nitrogen and oxygen atoms in total. The van der Waals surface area contributed by atoms with E-state index >= 15 is 0 Å². The molecule has 96 valence electrons. The molecule has 2 N–H and O–H groups in total. The Labute approximate surface area is 111 Å². The Morgan fingerprint density at radius 3 is 3.06 bits per heavy atom. The van der Waals surface area contributed by atoms with Crippen LogP contribution in [0.4, 0.5) is 0 Å². The third-order valence-corrected chi connectivity index (χ3v) is 3.71. The Balaban J connectivity index is 1.82. The van der Waals surface area contributed by atoms with Crippen molar-refractivity contribution < 1.29 is 4.79 Å². The minimum absolute atomic E-state index is 0.0303. The number of hydrogen-bond donors (Lipinski definition) is 2. The van der Waals surface area contributed by atoms with Gasteiger partial charge in [0.25, 0.3) is 0 Å². The van der Waals surface area contributed by atoms with Gasteiger partial charge in [0.2, 0.25) is 5.91 Å². The van der Waals surface area contributed by atoms with Crippen LogP contribution in [0.1, 0.15) is 4.88 Å². The lowest BCUT2D eigenvalue weighted by Crippen LogP contribution is -2.27. The maximum atomic E-state index is 11.8. The predicted molar refractivity (Wildman–Crippen MR) is 68.5 cm³/mol. The molecule has 18 heavy (non-hydrogen) atoms. The van der Waals surface area contributed by atoms with E-state index < -0.39 is 0 Å². The molecule has 0 aliphatic heterocycles. The van der Waals surface area contributed by atoms with E-state index in [0.29, 0.717) is 11.7 Å². The van der Waals surface area contributed by atoms with Crippen molar-refractivity contribution in [3.05, 3.63) is 27.6 Å². The first-order chi connectivity index (χ1) is 8.65. The van der Waals surface area contributed by atoms with Crippen molar-refractivity contribution in [2.24, 2.45) is 0 Å². The van der Waals surface area contributed by atoms with Crippen LogP contribution >= 0.6 is 23.3 Å². The predicted octanol–water partition coefficient (Wildman–Crippen LogP) is 0.305. The standard InChI is InChI=1S/C9H11N5O2S2/c1-14(4-6-2-3-10-18-6)7(15)5-17-9-11-8(16)12-13-9/h2-3H,4-5H2,1H3,(H2,11,12,13,16). The van der Waals surface area contributed by atoms with E-state index in [1.54, 1.807) is 18.1 Å². The number of thioether (sulfide) groups is 1. The fourth-order valence-corrected chi connectivity index (χ4v) is 2.59. The van der Waals surface area contributed by atoms with E-state index in [2.05, 4.69) is 19.6 Å².